The fourth-order valence-corrected chi connectivity index (χ4v) is 4.79. The molecule has 3 aliphatic carbocycles. The zero-order valence-electron chi connectivity index (χ0n) is 11.0. The molecule has 2 fully saturated rings. The first-order chi connectivity index (χ1) is 7.43. The summed E-state index contributed by atoms with van der Waals surface area (Å²) in [5.41, 5.74) is 2.81. The van der Waals surface area contributed by atoms with Crippen LogP contribution in [0.4, 0.5) is 0 Å². The van der Waals surface area contributed by atoms with Gasteiger partial charge in [0.15, 0.2) is 0 Å². The number of allylic oxidation sites excluding steroid dienone is 1. The van der Waals surface area contributed by atoms with Gasteiger partial charge in [-0.3, -0.25) is 0 Å². The molecule has 0 saturated heterocycles. The van der Waals surface area contributed by atoms with Crippen LogP contribution in [0.25, 0.3) is 0 Å². The number of hydrogen-bond acceptors (Lipinski definition) is 1. The van der Waals surface area contributed by atoms with Crippen molar-refractivity contribution in [1.29, 1.82) is 0 Å². The zero-order valence-corrected chi connectivity index (χ0v) is 11.0. The summed E-state index contributed by atoms with van der Waals surface area (Å²) in [6.45, 7) is 9.06. The highest BCUT2D eigenvalue weighted by molar-refractivity contribution is 5.33. The van der Waals surface area contributed by atoms with Crippen molar-refractivity contribution in [1.82, 2.24) is 0 Å². The van der Waals surface area contributed by atoms with E-state index in [0.717, 1.165) is 36.5 Å². The van der Waals surface area contributed by atoms with Crippen molar-refractivity contribution in [2.75, 3.05) is 0 Å². The lowest BCUT2D eigenvalue weighted by atomic mass is 9.79. The molecule has 3 rings (SSSR count). The van der Waals surface area contributed by atoms with Gasteiger partial charge in [-0.05, 0) is 56.8 Å². The number of hydrogen-bond donors (Lipinski definition) is 1. The highest BCUT2D eigenvalue weighted by Gasteiger charge is 2.63. The van der Waals surface area contributed by atoms with E-state index in [1.807, 2.05) is 0 Å². The van der Waals surface area contributed by atoms with E-state index in [9.17, 15) is 5.11 Å². The molecule has 16 heavy (non-hydrogen) atoms. The number of rotatable bonds is 1. The predicted octanol–water partition coefficient (Wildman–Crippen LogP) is 3.39. The van der Waals surface area contributed by atoms with Gasteiger partial charge in [-0.1, -0.05) is 25.0 Å². The van der Waals surface area contributed by atoms with E-state index in [1.54, 1.807) is 11.1 Å². The normalized spacial score (nSPS) is 50.6. The topological polar surface area (TPSA) is 20.2 Å². The van der Waals surface area contributed by atoms with Crippen molar-refractivity contribution in [3.05, 3.63) is 11.1 Å². The van der Waals surface area contributed by atoms with Crippen LogP contribution in [0.1, 0.15) is 47.0 Å². The highest BCUT2D eigenvalue weighted by atomic mass is 16.3. The molecule has 3 aliphatic rings. The molecule has 1 heteroatoms. The predicted molar refractivity (Wildman–Crippen MR) is 66.0 cm³/mol. The van der Waals surface area contributed by atoms with Gasteiger partial charge in [0, 0.05) is 5.92 Å². The molecule has 2 unspecified atom stereocenters. The fourth-order valence-electron chi connectivity index (χ4n) is 4.79. The van der Waals surface area contributed by atoms with Gasteiger partial charge in [0.2, 0.25) is 0 Å². The first-order valence-electron chi connectivity index (χ1n) is 6.84. The molecule has 1 nitrogen and oxygen atoms in total. The Kier molecular flexibility index (Phi) is 2.12. The van der Waals surface area contributed by atoms with Crippen LogP contribution in [-0.4, -0.2) is 10.7 Å². The van der Waals surface area contributed by atoms with Crippen molar-refractivity contribution in [2.24, 2.45) is 29.6 Å². The van der Waals surface area contributed by atoms with Crippen LogP contribution in [0, 0.1) is 29.6 Å². The summed E-state index contributed by atoms with van der Waals surface area (Å²) in [6, 6.07) is 0. The van der Waals surface area contributed by atoms with E-state index in [0.29, 0.717) is 5.92 Å². The van der Waals surface area contributed by atoms with Gasteiger partial charge >= 0.3 is 0 Å². The fraction of sp³-hybridized carbons (Fsp3) is 0.867. The van der Waals surface area contributed by atoms with E-state index in [-0.39, 0.29) is 0 Å². The molecule has 0 aromatic heterocycles. The molecule has 0 heterocycles. The van der Waals surface area contributed by atoms with Crippen molar-refractivity contribution in [3.63, 3.8) is 0 Å². The molecule has 90 valence electrons. The Balaban J connectivity index is 1.95. The molecule has 0 aromatic carbocycles. The van der Waals surface area contributed by atoms with Crippen LogP contribution in [0.2, 0.25) is 0 Å². The molecular weight excluding hydrogens is 196 g/mol. The van der Waals surface area contributed by atoms with Crippen molar-refractivity contribution >= 4 is 0 Å². The second kappa shape index (κ2) is 3.13. The minimum absolute atomic E-state index is 0.413. The lowest BCUT2D eigenvalue weighted by Gasteiger charge is -2.30. The monoisotopic (exact) mass is 220 g/mol. The van der Waals surface area contributed by atoms with E-state index >= 15 is 0 Å². The molecule has 0 spiro atoms. The second-order valence-corrected chi connectivity index (χ2v) is 6.91. The van der Waals surface area contributed by atoms with Crippen LogP contribution in [0.5, 0.6) is 0 Å². The van der Waals surface area contributed by atoms with Gasteiger partial charge < -0.3 is 5.11 Å². The van der Waals surface area contributed by atoms with Crippen molar-refractivity contribution in [2.45, 2.75) is 52.6 Å². The Bertz CT molecular complexity index is 350. The first kappa shape index (κ1) is 10.8. The van der Waals surface area contributed by atoms with Gasteiger partial charge in [-0.2, -0.15) is 0 Å². The Hall–Kier alpha value is -0.300. The molecule has 5 atom stereocenters. The molecule has 0 aromatic rings. The van der Waals surface area contributed by atoms with Gasteiger partial charge in [-0.25, -0.2) is 0 Å². The Labute approximate surface area is 98.9 Å². The summed E-state index contributed by atoms with van der Waals surface area (Å²) >= 11 is 0. The average Bonchev–Trinajstić information content (AvgIpc) is 2.77. The van der Waals surface area contributed by atoms with Crippen LogP contribution in [0.3, 0.4) is 0 Å². The maximum atomic E-state index is 10.6. The molecule has 1 N–H and O–H groups in total. The Morgan fingerprint density at radius 3 is 2.69 bits per heavy atom. The van der Waals surface area contributed by atoms with Crippen LogP contribution >= 0.6 is 0 Å². The lowest BCUT2D eigenvalue weighted by Crippen LogP contribution is -2.33. The third-order valence-electron chi connectivity index (χ3n) is 5.48. The summed E-state index contributed by atoms with van der Waals surface area (Å²) in [4.78, 5) is 0. The molecular formula is C15H24O. The summed E-state index contributed by atoms with van der Waals surface area (Å²) < 4.78 is 0. The van der Waals surface area contributed by atoms with Gasteiger partial charge in [0.05, 0.1) is 5.60 Å². The maximum absolute atomic E-state index is 10.6. The zero-order chi connectivity index (χ0) is 11.7. The van der Waals surface area contributed by atoms with Crippen LogP contribution < -0.4 is 0 Å². The molecule has 2 saturated carbocycles. The van der Waals surface area contributed by atoms with Gasteiger partial charge in [-0.15, -0.1) is 0 Å². The lowest BCUT2D eigenvalue weighted by molar-refractivity contribution is 0.0151. The minimum atomic E-state index is -0.413. The van der Waals surface area contributed by atoms with Gasteiger partial charge in [0.25, 0.3) is 0 Å². The van der Waals surface area contributed by atoms with E-state index in [1.165, 1.54) is 6.42 Å². The SMILES string of the molecule is CC1=C2CC[C@](C)(O)C2[C@@H]2C(C(C)C)[C@@H]2C1. The first-order valence-corrected chi connectivity index (χ1v) is 6.84. The highest BCUT2D eigenvalue weighted by Crippen LogP contribution is 2.67. The number of fused-ring (bicyclic) bond motifs is 3. The Morgan fingerprint density at radius 2 is 2.06 bits per heavy atom. The van der Waals surface area contributed by atoms with Crippen LogP contribution in [0.15, 0.2) is 11.1 Å². The van der Waals surface area contributed by atoms with E-state index in [2.05, 4.69) is 27.7 Å². The summed E-state index contributed by atoms with van der Waals surface area (Å²) in [7, 11) is 0. The third kappa shape index (κ3) is 1.27. The summed E-state index contributed by atoms with van der Waals surface area (Å²) in [5.74, 6) is 3.86. The maximum Gasteiger partial charge on any atom is 0.0690 e. The summed E-state index contributed by atoms with van der Waals surface area (Å²) in [5, 5.41) is 10.6. The largest absolute Gasteiger partial charge is 0.390 e. The third-order valence-corrected chi connectivity index (χ3v) is 5.48. The molecule has 0 radical (unpaired) electrons. The van der Waals surface area contributed by atoms with E-state index in [4.69, 9.17) is 0 Å². The second-order valence-electron chi connectivity index (χ2n) is 6.91. The molecule has 0 amide bonds. The minimum Gasteiger partial charge on any atom is -0.390 e. The smallest absolute Gasteiger partial charge is 0.0690 e. The standard InChI is InChI=1S/C15H24O/c1-8(2)12-11-7-9(3)10-5-6-15(4,16)14(10)13(11)12/h8,11-14,16H,5-7H2,1-4H3/t11-,12?,13-,14?,15-/m0/s1. The summed E-state index contributed by atoms with van der Waals surface area (Å²) in [6.07, 6.45) is 3.45. The van der Waals surface area contributed by atoms with Crippen molar-refractivity contribution < 1.29 is 5.11 Å². The molecule has 0 aliphatic heterocycles. The molecule has 0 bridgehead atoms. The van der Waals surface area contributed by atoms with Gasteiger partial charge in [0.1, 0.15) is 0 Å². The quantitative estimate of drug-likeness (QED) is 0.672. The average molecular weight is 220 g/mol. The van der Waals surface area contributed by atoms with Crippen molar-refractivity contribution in [3.8, 4) is 0 Å². The number of aliphatic hydroxyl groups is 1. The Morgan fingerprint density at radius 1 is 1.38 bits per heavy atom. The van der Waals surface area contributed by atoms with E-state index < -0.39 is 5.60 Å². The van der Waals surface area contributed by atoms with Crippen LogP contribution in [-0.2, 0) is 0 Å².